The van der Waals surface area contributed by atoms with E-state index >= 15 is 0 Å². The minimum absolute atomic E-state index is 0.0597. The number of hydrogen-bond acceptors (Lipinski definition) is 4. The molecule has 0 radical (unpaired) electrons. The lowest BCUT2D eigenvalue weighted by molar-refractivity contribution is -0.384. The average molecular weight is 308 g/mol. The fraction of sp³-hybridized carbons (Fsp3) is 0.118. The number of nitrogens with one attached hydrogen (secondary N) is 1. The molecule has 0 saturated carbocycles. The first kappa shape index (κ1) is 14.8. The summed E-state index contributed by atoms with van der Waals surface area (Å²) in [6.45, 7) is 2.05. The number of fused-ring (bicyclic) bond motifs is 1. The lowest BCUT2D eigenvalue weighted by atomic mass is 10.1. The first-order valence-corrected chi connectivity index (χ1v) is 7.15. The van der Waals surface area contributed by atoms with Crippen molar-refractivity contribution in [2.24, 2.45) is 12.1 Å². The van der Waals surface area contributed by atoms with Crippen LogP contribution in [0, 0.1) is 17.0 Å². The summed E-state index contributed by atoms with van der Waals surface area (Å²) in [5.74, 6) is 0. The van der Waals surface area contributed by atoms with Gasteiger partial charge < -0.3 is 4.57 Å². The van der Waals surface area contributed by atoms with Crippen LogP contribution in [-0.2, 0) is 7.05 Å². The third-order valence-corrected chi connectivity index (χ3v) is 3.91. The number of nitro groups is 1. The third kappa shape index (κ3) is 2.78. The molecule has 1 aromatic heterocycles. The Hall–Kier alpha value is -3.15. The second kappa shape index (κ2) is 5.92. The van der Waals surface area contributed by atoms with E-state index < -0.39 is 4.92 Å². The number of aryl methyl sites for hydroxylation is 1. The maximum Gasteiger partial charge on any atom is 0.269 e. The smallest absolute Gasteiger partial charge is 0.269 e. The molecule has 3 rings (SSSR count). The second-order valence-electron chi connectivity index (χ2n) is 5.25. The molecular formula is C17H16N4O2. The van der Waals surface area contributed by atoms with Crippen LogP contribution >= 0.6 is 0 Å². The highest BCUT2D eigenvalue weighted by Gasteiger charge is 2.09. The van der Waals surface area contributed by atoms with Gasteiger partial charge in [-0.15, -0.1) is 0 Å². The standard InChI is InChI=1S/C17H16N4O2/c1-12-16(15-5-3-4-6-17(15)20(12)2)11-18-19-13-7-9-14(10-8-13)21(22)23/h3-11,19H,1-2H3/b18-11-. The van der Waals surface area contributed by atoms with Crippen LogP contribution in [-0.4, -0.2) is 15.7 Å². The number of aromatic nitrogens is 1. The van der Waals surface area contributed by atoms with Crippen molar-refractivity contribution in [2.75, 3.05) is 5.43 Å². The average Bonchev–Trinajstić information content (AvgIpc) is 2.81. The van der Waals surface area contributed by atoms with Gasteiger partial charge in [0.25, 0.3) is 5.69 Å². The van der Waals surface area contributed by atoms with Crippen molar-refractivity contribution in [3.63, 3.8) is 0 Å². The lowest BCUT2D eigenvalue weighted by Crippen LogP contribution is -1.94. The zero-order valence-electron chi connectivity index (χ0n) is 12.9. The Morgan fingerprint density at radius 2 is 1.87 bits per heavy atom. The third-order valence-electron chi connectivity index (χ3n) is 3.91. The predicted molar refractivity (Wildman–Crippen MR) is 92.0 cm³/mol. The van der Waals surface area contributed by atoms with Crippen molar-refractivity contribution in [2.45, 2.75) is 6.92 Å². The summed E-state index contributed by atoms with van der Waals surface area (Å²) in [5.41, 5.74) is 6.99. The Bertz CT molecular complexity index is 895. The summed E-state index contributed by atoms with van der Waals surface area (Å²) < 4.78 is 2.13. The lowest BCUT2D eigenvalue weighted by Gasteiger charge is -2.00. The minimum atomic E-state index is -0.424. The number of benzene rings is 2. The number of non-ortho nitro benzene ring substituents is 1. The van der Waals surface area contributed by atoms with Crippen LogP contribution in [0.5, 0.6) is 0 Å². The van der Waals surface area contributed by atoms with Crippen LogP contribution in [0.25, 0.3) is 10.9 Å². The van der Waals surface area contributed by atoms with Crippen LogP contribution < -0.4 is 5.43 Å². The molecule has 0 unspecified atom stereocenters. The maximum absolute atomic E-state index is 10.6. The molecule has 6 nitrogen and oxygen atoms in total. The summed E-state index contributed by atoms with van der Waals surface area (Å²) in [6, 6.07) is 14.3. The van der Waals surface area contributed by atoms with Gasteiger partial charge in [0.2, 0.25) is 0 Å². The van der Waals surface area contributed by atoms with Crippen LogP contribution in [0.1, 0.15) is 11.3 Å². The van der Waals surface area contributed by atoms with E-state index in [1.165, 1.54) is 12.1 Å². The van der Waals surface area contributed by atoms with E-state index in [9.17, 15) is 10.1 Å². The van der Waals surface area contributed by atoms with E-state index in [1.54, 1.807) is 18.3 Å². The Balaban J connectivity index is 1.83. The van der Waals surface area contributed by atoms with Crippen molar-refractivity contribution < 1.29 is 4.92 Å². The van der Waals surface area contributed by atoms with E-state index in [0.29, 0.717) is 5.69 Å². The molecule has 6 heteroatoms. The largest absolute Gasteiger partial charge is 0.347 e. The zero-order chi connectivity index (χ0) is 16.4. The molecule has 0 aliphatic heterocycles. The topological polar surface area (TPSA) is 72.5 Å². The van der Waals surface area contributed by atoms with Crippen molar-refractivity contribution >= 4 is 28.5 Å². The summed E-state index contributed by atoms with van der Waals surface area (Å²) in [6.07, 6.45) is 1.78. The Kier molecular flexibility index (Phi) is 3.80. The van der Waals surface area contributed by atoms with Crippen molar-refractivity contribution in [3.05, 3.63) is 69.9 Å². The molecule has 0 aliphatic carbocycles. The molecule has 3 aromatic rings. The number of hydrazone groups is 1. The molecule has 0 aliphatic rings. The van der Waals surface area contributed by atoms with Crippen molar-refractivity contribution in [1.82, 2.24) is 4.57 Å². The van der Waals surface area contributed by atoms with E-state index in [1.807, 2.05) is 26.1 Å². The fourth-order valence-electron chi connectivity index (χ4n) is 2.54. The van der Waals surface area contributed by atoms with Gasteiger partial charge in [-0.2, -0.15) is 5.10 Å². The number of nitrogens with zero attached hydrogens (tertiary/aromatic N) is 3. The number of hydrogen-bond donors (Lipinski definition) is 1. The highest BCUT2D eigenvalue weighted by atomic mass is 16.6. The SMILES string of the molecule is Cc1c(/C=N\Nc2ccc([N+](=O)[O-])cc2)c2ccccc2n1C. The zero-order valence-corrected chi connectivity index (χ0v) is 12.9. The Labute approximate surface area is 133 Å². The van der Waals surface area contributed by atoms with Gasteiger partial charge in [-0.1, -0.05) is 18.2 Å². The van der Waals surface area contributed by atoms with Crippen LogP contribution in [0.3, 0.4) is 0 Å². The molecular weight excluding hydrogens is 292 g/mol. The molecule has 0 bridgehead atoms. The monoisotopic (exact) mass is 308 g/mol. The van der Waals surface area contributed by atoms with Gasteiger partial charge >= 0.3 is 0 Å². The summed E-state index contributed by atoms with van der Waals surface area (Å²) in [7, 11) is 2.03. The minimum Gasteiger partial charge on any atom is -0.347 e. The molecule has 1 heterocycles. The van der Waals surface area contributed by atoms with Gasteiger partial charge in [-0.3, -0.25) is 15.5 Å². The first-order valence-electron chi connectivity index (χ1n) is 7.15. The number of para-hydroxylation sites is 1. The fourth-order valence-corrected chi connectivity index (χ4v) is 2.54. The Morgan fingerprint density at radius 1 is 1.17 bits per heavy atom. The highest BCUT2D eigenvalue weighted by molar-refractivity contribution is 6.01. The number of rotatable bonds is 4. The van der Waals surface area contributed by atoms with E-state index in [0.717, 1.165) is 22.2 Å². The van der Waals surface area contributed by atoms with E-state index in [4.69, 9.17) is 0 Å². The molecule has 116 valence electrons. The first-order chi connectivity index (χ1) is 11.1. The normalized spacial score (nSPS) is 11.2. The summed E-state index contributed by atoms with van der Waals surface area (Å²) in [5, 5.41) is 16.0. The molecule has 0 saturated heterocycles. The maximum atomic E-state index is 10.6. The summed E-state index contributed by atoms with van der Waals surface area (Å²) >= 11 is 0. The Morgan fingerprint density at radius 3 is 2.57 bits per heavy atom. The molecule has 0 atom stereocenters. The van der Waals surface area contributed by atoms with Crippen LogP contribution in [0.4, 0.5) is 11.4 Å². The molecule has 0 spiro atoms. The summed E-state index contributed by atoms with van der Waals surface area (Å²) in [4.78, 5) is 10.2. The number of nitro benzene ring substituents is 1. The van der Waals surface area contributed by atoms with E-state index in [-0.39, 0.29) is 5.69 Å². The van der Waals surface area contributed by atoms with Gasteiger partial charge in [-0.25, -0.2) is 0 Å². The van der Waals surface area contributed by atoms with Gasteiger partial charge in [0, 0.05) is 41.3 Å². The molecule has 23 heavy (non-hydrogen) atoms. The van der Waals surface area contributed by atoms with Crippen LogP contribution in [0.15, 0.2) is 53.6 Å². The highest BCUT2D eigenvalue weighted by Crippen LogP contribution is 2.23. The van der Waals surface area contributed by atoms with Gasteiger partial charge in [0.15, 0.2) is 0 Å². The molecule has 0 amide bonds. The van der Waals surface area contributed by atoms with Crippen molar-refractivity contribution in [3.8, 4) is 0 Å². The van der Waals surface area contributed by atoms with Gasteiger partial charge in [0.05, 0.1) is 16.8 Å². The van der Waals surface area contributed by atoms with Crippen LogP contribution in [0.2, 0.25) is 0 Å². The molecule has 1 N–H and O–H groups in total. The second-order valence-corrected chi connectivity index (χ2v) is 5.25. The molecule has 2 aromatic carbocycles. The van der Waals surface area contributed by atoms with E-state index in [2.05, 4.69) is 27.2 Å². The molecule has 0 fully saturated rings. The quantitative estimate of drug-likeness (QED) is 0.452. The van der Waals surface area contributed by atoms with Gasteiger partial charge in [0.1, 0.15) is 0 Å². The van der Waals surface area contributed by atoms with Crippen molar-refractivity contribution in [1.29, 1.82) is 0 Å². The van der Waals surface area contributed by atoms with Gasteiger partial charge in [-0.05, 0) is 25.1 Å². The predicted octanol–water partition coefficient (Wildman–Crippen LogP) is 3.84. The number of anilines is 1.